The van der Waals surface area contributed by atoms with Gasteiger partial charge in [-0.05, 0) is 31.7 Å². The first-order valence-electron chi connectivity index (χ1n) is 5.59. The maximum absolute atomic E-state index is 10.7. The van der Waals surface area contributed by atoms with E-state index in [2.05, 4.69) is 15.0 Å². The molecule has 0 aliphatic rings. The summed E-state index contributed by atoms with van der Waals surface area (Å²) in [4.78, 5) is 24.1. The van der Waals surface area contributed by atoms with Crippen LogP contribution in [0.15, 0.2) is 15.6 Å². The lowest BCUT2D eigenvalue weighted by atomic mass is 10.3. The summed E-state index contributed by atoms with van der Waals surface area (Å²) in [5.41, 5.74) is 1.71. The van der Waals surface area contributed by atoms with Gasteiger partial charge in [0.2, 0.25) is 0 Å². The van der Waals surface area contributed by atoms with Crippen molar-refractivity contribution in [2.24, 2.45) is 0 Å². The molecule has 0 amide bonds. The van der Waals surface area contributed by atoms with Gasteiger partial charge in [0.05, 0.1) is 12.1 Å². The number of hydrogen-bond acceptors (Lipinski definition) is 7. The summed E-state index contributed by atoms with van der Waals surface area (Å²) in [5.74, 6) is -0.883. The van der Waals surface area contributed by atoms with E-state index in [1.807, 2.05) is 6.07 Å². The lowest BCUT2D eigenvalue weighted by Crippen LogP contribution is -1.99. The molecule has 8 heteroatoms. The first-order valence-corrected chi connectivity index (χ1v) is 7.23. The lowest BCUT2D eigenvalue weighted by molar-refractivity contribution is -0.136. The van der Waals surface area contributed by atoms with E-state index in [1.165, 1.54) is 23.1 Å². The molecule has 2 heterocycles. The van der Waals surface area contributed by atoms with Crippen molar-refractivity contribution in [3.8, 4) is 6.07 Å². The second-order valence-corrected chi connectivity index (χ2v) is 6.25. The van der Waals surface area contributed by atoms with E-state index >= 15 is 0 Å². The molecule has 2 aromatic heterocycles. The summed E-state index contributed by atoms with van der Waals surface area (Å²) in [6.45, 7) is 3.56. The van der Waals surface area contributed by atoms with Crippen molar-refractivity contribution >= 4 is 29.1 Å². The number of aromatic nitrogens is 3. The second kappa shape index (κ2) is 5.98. The Hall–Kier alpha value is -1.98. The predicted molar refractivity (Wildman–Crippen MR) is 73.8 cm³/mol. The Labute approximate surface area is 123 Å². The Bertz CT molecular complexity index is 706. The van der Waals surface area contributed by atoms with Crippen LogP contribution in [0.25, 0.3) is 0 Å². The van der Waals surface area contributed by atoms with Crippen molar-refractivity contribution < 1.29 is 9.90 Å². The third-order valence-electron chi connectivity index (χ3n) is 2.31. The molecule has 0 atom stereocenters. The summed E-state index contributed by atoms with van der Waals surface area (Å²) in [6.07, 6.45) is -0.0395. The third kappa shape index (κ3) is 3.53. The van der Waals surface area contributed by atoms with E-state index in [4.69, 9.17) is 10.4 Å². The zero-order chi connectivity index (χ0) is 14.7. The molecule has 0 spiro atoms. The summed E-state index contributed by atoms with van der Waals surface area (Å²) in [6, 6.07) is 3.58. The minimum Gasteiger partial charge on any atom is -0.481 e. The van der Waals surface area contributed by atoms with E-state index in [-0.39, 0.29) is 6.42 Å². The molecule has 0 saturated heterocycles. The van der Waals surface area contributed by atoms with Gasteiger partial charge in [-0.1, -0.05) is 0 Å². The molecule has 0 radical (unpaired) electrons. The van der Waals surface area contributed by atoms with Crippen LogP contribution < -0.4 is 0 Å². The van der Waals surface area contributed by atoms with Crippen molar-refractivity contribution in [3.63, 3.8) is 0 Å². The number of rotatable bonds is 4. The molecule has 0 aromatic carbocycles. The van der Waals surface area contributed by atoms with Crippen LogP contribution in [-0.2, 0) is 11.2 Å². The zero-order valence-corrected chi connectivity index (χ0v) is 12.4. The molecule has 2 rings (SSSR count). The smallest absolute Gasteiger partial charge is 0.308 e. The molecule has 20 heavy (non-hydrogen) atoms. The number of carbonyl (C=O) groups is 1. The van der Waals surface area contributed by atoms with Gasteiger partial charge in [-0.15, -0.1) is 11.3 Å². The first kappa shape index (κ1) is 14.4. The second-order valence-electron chi connectivity index (χ2n) is 3.95. The van der Waals surface area contributed by atoms with Gasteiger partial charge < -0.3 is 5.11 Å². The highest BCUT2D eigenvalue weighted by Crippen LogP contribution is 2.31. The predicted octanol–water partition coefficient (Wildman–Crippen LogP) is 2.20. The number of nitriles is 1. The molecule has 0 unspecified atom stereocenters. The van der Waals surface area contributed by atoms with E-state index in [0.29, 0.717) is 31.5 Å². The highest BCUT2D eigenvalue weighted by atomic mass is 32.2. The number of carboxylic acids is 1. The third-order valence-corrected chi connectivity index (χ3v) is 4.39. The molecule has 0 aliphatic heterocycles. The Balaban J connectivity index is 2.24. The van der Waals surface area contributed by atoms with Crippen molar-refractivity contribution in [2.45, 2.75) is 29.8 Å². The quantitative estimate of drug-likeness (QED) is 0.864. The lowest BCUT2D eigenvalue weighted by Gasteiger charge is -1.98. The molecule has 0 fully saturated rings. The van der Waals surface area contributed by atoms with Crippen molar-refractivity contribution in [3.05, 3.63) is 28.0 Å². The van der Waals surface area contributed by atoms with Gasteiger partial charge in [-0.3, -0.25) is 4.79 Å². The Morgan fingerprint density at radius 1 is 1.45 bits per heavy atom. The fourth-order valence-electron chi connectivity index (χ4n) is 1.47. The maximum atomic E-state index is 10.7. The summed E-state index contributed by atoms with van der Waals surface area (Å²) < 4.78 is 0.674. The highest BCUT2D eigenvalue weighted by molar-refractivity contribution is 8.00. The van der Waals surface area contributed by atoms with Crippen LogP contribution in [0.4, 0.5) is 0 Å². The minimum atomic E-state index is -0.883. The fourth-order valence-corrected chi connectivity index (χ4v) is 3.62. The monoisotopic (exact) mass is 306 g/mol. The zero-order valence-electron chi connectivity index (χ0n) is 10.7. The van der Waals surface area contributed by atoms with Crippen molar-refractivity contribution in [1.29, 1.82) is 5.26 Å². The molecular formula is C12H10N4O2S2. The SMILES string of the molecule is Cc1cc(C#N)nc(Sc2nc(C)c(CC(=O)O)s2)n1. The van der Waals surface area contributed by atoms with Gasteiger partial charge in [-0.25, -0.2) is 15.0 Å². The molecule has 6 nitrogen and oxygen atoms in total. The average molecular weight is 306 g/mol. The van der Waals surface area contributed by atoms with Crippen LogP contribution >= 0.6 is 23.1 Å². The molecule has 102 valence electrons. The van der Waals surface area contributed by atoms with Gasteiger partial charge in [0.1, 0.15) is 11.8 Å². The van der Waals surface area contributed by atoms with Gasteiger partial charge in [0.25, 0.3) is 0 Å². The Morgan fingerprint density at radius 3 is 2.85 bits per heavy atom. The van der Waals surface area contributed by atoms with Crippen LogP contribution in [0.2, 0.25) is 0 Å². The molecule has 1 N–H and O–H groups in total. The normalized spacial score (nSPS) is 10.2. The molecule has 0 aliphatic carbocycles. The number of aryl methyl sites for hydroxylation is 2. The van der Waals surface area contributed by atoms with E-state index in [0.717, 1.165) is 0 Å². The van der Waals surface area contributed by atoms with Crippen LogP contribution in [-0.4, -0.2) is 26.0 Å². The topological polar surface area (TPSA) is 99.8 Å². The Morgan fingerprint density at radius 2 is 2.20 bits per heavy atom. The molecule has 2 aromatic rings. The van der Waals surface area contributed by atoms with Crippen LogP contribution in [0.5, 0.6) is 0 Å². The van der Waals surface area contributed by atoms with Gasteiger partial charge in [0.15, 0.2) is 9.50 Å². The van der Waals surface area contributed by atoms with Crippen LogP contribution in [0.1, 0.15) is 22.0 Å². The van der Waals surface area contributed by atoms with Gasteiger partial charge >= 0.3 is 5.97 Å². The van der Waals surface area contributed by atoms with Gasteiger partial charge in [-0.2, -0.15) is 5.26 Å². The molecular weight excluding hydrogens is 296 g/mol. The number of hydrogen-bond donors (Lipinski definition) is 1. The van der Waals surface area contributed by atoms with Gasteiger partial charge in [0, 0.05) is 10.6 Å². The largest absolute Gasteiger partial charge is 0.481 e. The summed E-state index contributed by atoms with van der Waals surface area (Å²) in [5, 5.41) is 18.1. The number of aliphatic carboxylic acids is 1. The molecule has 0 saturated carbocycles. The molecule has 0 bridgehead atoms. The Kier molecular flexibility index (Phi) is 4.32. The minimum absolute atomic E-state index is 0.0395. The highest BCUT2D eigenvalue weighted by Gasteiger charge is 2.13. The maximum Gasteiger partial charge on any atom is 0.308 e. The van der Waals surface area contributed by atoms with E-state index in [9.17, 15) is 4.79 Å². The summed E-state index contributed by atoms with van der Waals surface area (Å²) in [7, 11) is 0. The van der Waals surface area contributed by atoms with Crippen LogP contribution in [0, 0.1) is 25.2 Å². The van der Waals surface area contributed by atoms with E-state index < -0.39 is 5.97 Å². The standard InChI is InChI=1S/C12H10N4O2S2/c1-6-3-8(5-13)16-11(14-6)20-12-15-7(2)9(19-12)4-10(17)18/h3H,4H2,1-2H3,(H,17,18). The average Bonchev–Trinajstić information content (AvgIpc) is 2.67. The number of nitrogens with zero attached hydrogens (tertiary/aromatic N) is 4. The summed E-state index contributed by atoms with van der Waals surface area (Å²) >= 11 is 2.54. The van der Waals surface area contributed by atoms with Crippen molar-refractivity contribution in [1.82, 2.24) is 15.0 Å². The van der Waals surface area contributed by atoms with Crippen LogP contribution in [0.3, 0.4) is 0 Å². The fraction of sp³-hybridized carbons (Fsp3) is 0.250. The van der Waals surface area contributed by atoms with Crippen molar-refractivity contribution in [2.75, 3.05) is 0 Å². The number of carboxylic acid groups (broad SMARTS) is 1. The first-order chi connectivity index (χ1) is 9.47. The number of thiazole rings is 1. The van der Waals surface area contributed by atoms with E-state index in [1.54, 1.807) is 19.9 Å².